The van der Waals surface area contributed by atoms with Crippen LogP contribution < -0.4 is 19.8 Å². The molecule has 1 unspecified atom stereocenters. The number of carbonyl (C=O) groups is 2. The van der Waals surface area contributed by atoms with Gasteiger partial charge in [0.15, 0.2) is 22.5 Å². The number of para-hydroxylation sites is 1. The van der Waals surface area contributed by atoms with E-state index in [1.807, 2.05) is 19.1 Å². The molecular formula is C30H25FN2O6. The average Bonchev–Trinajstić information content (AvgIpc) is 3.35. The van der Waals surface area contributed by atoms with E-state index in [1.165, 1.54) is 18.1 Å². The molecular weight excluding hydrogens is 503 g/mol. The van der Waals surface area contributed by atoms with Crippen molar-refractivity contribution in [2.75, 3.05) is 32.2 Å². The lowest BCUT2D eigenvalue weighted by atomic mass is 9.83. The molecule has 2 aliphatic rings. The van der Waals surface area contributed by atoms with Crippen LogP contribution >= 0.6 is 0 Å². The summed E-state index contributed by atoms with van der Waals surface area (Å²) in [5.74, 6) is -0.720. The van der Waals surface area contributed by atoms with E-state index >= 15 is 0 Å². The predicted molar refractivity (Wildman–Crippen MR) is 142 cm³/mol. The van der Waals surface area contributed by atoms with E-state index in [4.69, 9.17) is 13.9 Å². The second-order valence-electron chi connectivity index (χ2n) is 9.45. The number of benzene rings is 3. The Morgan fingerprint density at radius 2 is 1.72 bits per heavy atom. The van der Waals surface area contributed by atoms with Crippen molar-refractivity contribution in [3.63, 3.8) is 0 Å². The van der Waals surface area contributed by atoms with Crippen LogP contribution in [0.1, 0.15) is 34.2 Å². The topological polar surface area (TPSA) is 89.3 Å². The highest BCUT2D eigenvalue weighted by atomic mass is 19.1. The van der Waals surface area contributed by atoms with Gasteiger partial charge >= 0.3 is 0 Å². The Kier molecular flexibility index (Phi) is 5.67. The second-order valence-corrected chi connectivity index (χ2v) is 9.45. The number of hydrogen-bond donors (Lipinski definition) is 0. The number of methoxy groups -OCH3 is 2. The van der Waals surface area contributed by atoms with E-state index in [0.717, 1.165) is 17.7 Å². The zero-order valence-electron chi connectivity index (χ0n) is 21.6. The van der Waals surface area contributed by atoms with E-state index in [9.17, 15) is 18.8 Å². The highest BCUT2D eigenvalue weighted by Gasteiger charge is 2.64. The number of fused-ring (bicyclic) bond motifs is 5. The van der Waals surface area contributed by atoms with Gasteiger partial charge in [0.05, 0.1) is 30.9 Å². The molecule has 3 heterocycles. The van der Waals surface area contributed by atoms with Gasteiger partial charge < -0.3 is 23.7 Å². The molecule has 6 rings (SSSR count). The molecule has 2 amide bonds. The fraction of sp³-hybridized carbons (Fsp3) is 0.233. The van der Waals surface area contributed by atoms with Gasteiger partial charge in [-0.3, -0.25) is 14.4 Å². The first kappa shape index (κ1) is 24.7. The average molecular weight is 529 g/mol. The molecule has 0 aliphatic carbocycles. The molecule has 0 fully saturated rings. The second kappa shape index (κ2) is 8.97. The zero-order valence-corrected chi connectivity index (χ0v) is 21.6. The Labute approximate surface area is 223 Å². The summed E-state index contributed by atoms with van der Waals surface area (Å²) in [6.07, 6.45) is 0.353. The lowest BCUT2D eigenvalue weighted by molar-refractivity contribution is -0.126. The summed E-state index contributed by atoms with van der Waals surface area (Å²) in [5, 5.41) is -0.0251. The smallest absolute Gasteiger partial charge is 0.291 e. The van der Waals surface area contributed by atoms with Crippen LogP contribution in [0.25, 0.3) is 11.0 Å². The fourth-order valence-corrected chi connectivity index (χ4v) is 5.85. The Hall–Kier alpha value is -4.66. The number of carbonyl (C=O) groups excluding carboxylic acids is 2. The van der Waals surface area contributed by atoms with Gasteiger partial charge in [-0.1, -0.05) is 24.3 Å². The normalized spacial score (nSPS) is 17.7. The molecule has 198 valence electrons. The summed E-state index contributed by atoms with van der Waals surface area (Å²) >= 11 is 0. The van der Waals surface area contributed by atoms with Crippen LogP contribution in [0.2, 0.25) is 0 Å². The first-order chi connectivity index (χ1) is 18.9. The minimum absolute atomic E-state index is 0.0251. The van der Waals surface area contributed by atoms with Gasteiger partial charge in [-0.25, -0.2) is 4.39 Å². The standard InChI is InChI=1S/C30H25FN2O6/c1-4-32-21-8-6-5-7-20(21)30(29(32)36)25-26(34)19-16-18(31)10-12-22(19)39-27(25)28(35)33(30)14-13-17-9-11-23(37-2)24(15-17)38-3/h5-12,15-16H,4,13-14H2,1-3H3. The third-order valence-electron chi connectivity index (χ3n) is 7.59. The van der Waals surface area contributed by atoms with E-state index in [0.29, 0.717) is 35.7 Å². The van der Waals surface area contributed by atoms with Gasteiger partial charge in [-0.05, 0) is 55.3 Å². The summed E-state index contributed by atoms with van der Waals surface area (Å²) in [4.78, 5) is 45.3. The number of amides is 2. The molecule has 3 aromatic carbocycles. The number of halogens is 1. The summed E-state index contributed by atoms with van der Waals surface area (Å²) < 4.78 is 30.9. The molecule has 1 spiro atoms. The number of nitrogens with zero attached hydrogens (tertiary/aromatic N) is 2. The van der Waals surface area contributed by atoms with Crippen molar-refractivity contribution in [3.05, 3.63) is 99.2 Å². The monoisotopic (exact) mass is 528 g/mol. The Morgan fingerprint density at radius 3 is 2.46 bits per heavy atom. The predicted octanol–water partition coefficient (Wildman–Crippen LogP) is 4.26. The minimum atomic E-state index is -1.74. The summed E-state index contributed by atoms with van der Waals surface area (Å²) in [6.45, 7) is 2.26. The van der Waals surface area contributed by atoms with Crippen molar-refractivity contribution in [1.29, 1.82) is 0 Å². The van der Waals surface area contributed by atoms with Gasteiger partial charge in [-0.15, -0.1) is 0 Å². The van der Waals surface area contributed by atoms with Gasteiger partial charge in [0.1, 0.15) is 11.4 Å². The van der Waals surface area contributed by atoms with Gasteiger partial charge in [0.2, 0.25) is 5.76 Å². The van der Waals surface area contributed by atoms with Crippen molar-refractivity contribution in [2.24, 2.45) is 0 Å². The highest BCUT2D eigenvalue weighted by molar-refractivity contribution is 6.17. The molecule has 0 saturated carbocycles. The maximum Gasteiger partial charge on any atom is 0.291 e. The van der Waals surface area contributed by atoms with Crippen molar-refractivity contribution in [3.8, 4) is 11.5 Å². The summed E-state index contributed by atoms with van der Waals surface area (Å²) in [5.41, 5.74) is -0.378. The van der Waals surface area contributed by atoms with Gasteiger partial charge in [0, 0.05) is 18.7 Å². The van der Waals surface area contributed by atoms with Crippen molar-refractivity contribution in [1.82, 2.24) is 4.90 Å². The first-order valence-corrected chi connectivity index (χ1v) is 12.6. The van der Waals surface area contributed by atoms with E-state index < -0.39 is 28.6 Å². The molecule has 0 N–H and O–H groups in total. The molecule has 4 aromatic rings. The number of rotatable bonds is 6. The number of anilines is 1. The molecule has 0 bridgehead atoms. The van der Waals surface area contributed by atoms with Crippen LogP contribution in [0.5, 0.6) is 11.5 Å². The number of ether oxygens (including phenoxy) is 2. The van der Waals surface area contributed by atoms with Crippen LogP contribution in [0, 0.1) is 5.82 Å². The third kappa shape index (κ3) is 3.32. The van der Waals surface area contributed by atoms with Crippen molar-refractivity contribution < 1.29 is 27.9 Å². The van der Waals surface area contributed by atoms with Gasteiger partial charge in [0.25, 0.3) is 11.8 Å². The molecule has 1 atom stereocenters. The Morgan fingerprint density at radius 1 is 0.949 bits per heavy atom. The van der Waals surface area contributed by atoms with Crippen LogP contribution in [0.3, 0.4) is 0 Å². The molecule has 0 radical (unpaired) electrons. The molecule has 0 saturated heterocycles. The first-order valence-electron chi connectivity index (χ1n) is 12.6. The number of hydrogen-bond acceptors (Lipinski definition) is 6. The SMILES string of the molecule is CCN1C(=O)C2(c3ccccc31)c1c(oc3ccc(F)cc3c1=O)C(=O)N2CCc1ccc(OC)c(OC)c1. The largest absolute Gasteiger partial charge is 0.493 e. The summed E-state index contributed by atoms with van der Waals surface area (Å²) in [7, 11) is 3.08. The molecule has 39 heavy (non-hydrogen) atoms. The lowest BCUT2D eigenvalue weighted by Crippen LogP contribution is -2.54. The quantitative estimate of drug-likeness (QED) is 0.372. The minimum Gasteiger partial charge on any atom is -0.493 e. The molecule has 2 aliphatic heterocycles. The highest BCUT2D eigenvalue weighted by Crippen LogP contribution is 2.52. The summed E-state index contributed by atoms with van der Waals surface area (Å²) in [6, 6.07) is 16.1. The van der Waals surface area contributed by atoms with Crippen LogP contribution in [0.15, 0.2) is 69.9 Å². The van der Waals surface area contributed by atoms with Crippen molar-refractivity contribution in [2.45, 2.75) is 18.9 Å². The zero-order chi connectivity index (χ0) is 27.5. The lowest BCUT2D eigenvalue weighted by Gasteiger charge is -2.34. The van der Waals surface area contributed by atoms with E-state index in [1.54, 1.807) is 42.3 Å². The molecule has 9 heteroatoms. The Balaban J connectivity index is 1.57. The fourth-order valence-electron chi connectivity index (χ4n) is 5.85. The maximum absolute atomic E-state index is 14.3. The molecule has 1 aromatic heterocycles. The molecule has 8 nitrogen and oxygen atoms in total. The van der Waals surface area contributed by atoms with Crippen LogP contribution in [0.4, 0.5) is 10.1 Å². The van der Waals surface area contributed by atoms with Gasteiger partial charge in [-0.2, -0.15) is 0 Å². The third-order valence-corrected chi connectivity index (χ3v) is 7.59. The van der Waals surface area contributed by atoms with Crippen molar-refractivity contribution >= 4 is 28.5 Å². The van der Waals surface area contributed by atoms with Crippen LogP contribution in [-0.4, -0.2) is 44.0 Å². The number of likely N-dealkylation sites (N-methyl/N-ethyl adjacent to an activating group) is 1. The maximum atomic E-state index is 14.3. The Bertz CT molecular complexity index is 1730. The van der Waals surface area contributed by atoms with E-state index in [-0.39, 0.29) is 28.8 Å². The van der Waals surface area contributed by atoms with E-state index in [2.05, 4.69) is 0 Å². The van der Waals surface area contributed by atoms with Crippen LogP contribution in [-0.2, 0) is 16.8 Å².